The number of carbonyl (C=O) groups excluding carboxylic acids is 1. The van der Waals surface area contributed by atoms with Crippen molar-refractivity contribution in [2.45, 2.75) is 13.3 Å². The summed E-state index contributed by atoms with van der Waals surface area (Å²) >= 11 is 5.86. The Bertz CT molecular complexity index is 828. The van der Waals surface area contributed by atoms with E-state index in [0.717, 1.165) is 11.1 Å². The summed E-state index contributed by atoms with van der Waals surface area (Å²) in [4.78, 5) is 16.2. The van der Waals surface area contributed by atoms with Gasteiger partial charge in [0.15, 0.2) is 5.76 Å². The molecule has 0 unspecified atom stereocenters. The second-order valence-electron chi connectivity index (χ2n) is 5.08. The average Bonchev–Trinajstić information content (AvgIpc) is 2.98. The molecular weight excluding hydrogens is 314 g/mol. The van der Waals surface area contributed by atoms with E-state index in [1.807, 2.05) is 31.2 Å². The third kappa shape index (κ3) is 3.76. The summed E-state index contributed by atoms with van der Waals surface area (Å²) in [5.74, 6) is 0.958. The van der Waals surface area contributed by atoms with E-state index in [4.69, 9.17) is 16.1 Å². The van der Waals surface area contributed by atoms with Crippen LogP contribution in [0.4, 0.5) is 5.82 Å². The molecule has 6 heteroatoms. The number of rotatable bonds is 4. The first-order valence-electron chi connectivity index (χ1n) is 7.05. The first kappa shape index (κ1) is 15.2. The Morgan fingerprint density at radius 3 is 2.78 bits per heavy atom. The number of carbonyl (C=O) groups is 1. The van der Waals surface area contributed by atoms with Gasteiger partial charge in [-0.2, -0.15) is 0 Å². The zero-order valence-corrected chi connectivity index (χ0v) is 13.2. The van der Waals surface area contributed by atoms with Crippen molar-refractivity contribution in [2.24, 2.45) is 0 Å². The van der Waals surface area contributed by atoms with E-state index in [1.54, 1.807) is 24.4 Å². The number of anilines is 1. The van der Waals surface area contributed by atoms with Crippen molar-refractivity contribution in [1.82, 2.24) is 10.1 Å². The second kappa shape index (κ2) is 6.62. The summed E-state index contributed by atoms with van der Waals surface area (Å²) in [6.07, 6.45) is 1.75. The molecule has 5 nitrogen and oxygen atoms in total. The predicted octanol–water partition coefficient (Wildman–Crippen LogP) is 3.88. The molecule has 1 aromatic carbocycles. The largest absolute Gasteiger partial charge is 0.356 e. The standard InChI is InChI=1S/C17H14ClN3O2/c1-11-3-2-8-19-17(11)20-16(22)10-14-9-15(23-21-14)12-4-6-13(18)7-5-12/h2-9H,10H2,1H3,(H,19,20,22). The van der Waals surface area contributed by atoms with Crippen molar-refractivity contribution in [3.63, 3.8) is 0 Å². The van der Waals surface area contributed by atoms with Gasteiger partial charge < -0.3 is 9.84 Å². The number of aryl methyl sites for hydroxylation is 1. The topological polar surface area (TPSA) is 68.0 Å². The zero-order valence-electron chi connectivity index (χ0n) is 12.4. The van der Waals surface area contributed by atoms with Crippen LogP contribution < -0.4 is 5.32 Å². The van der Waals surface area contributed by atoms with Gasteiger partial charge in [-0.1, -0.05) is 22.8 Å². The Morgan fingerprint density at radius 2 is 2.04 bits per heavy atom. The highest BCUT2D eigenvalue weighted by Gasteiger charge is 2.12. The van der Waals surface area contributed by atoms with Gasteiger partial charge in [0.05, 0.1) is 12.1 Å². The van der Waals surface area contributed by atoms with Crippen molar-refractivity contribution >= 4 is 23.3 Å². The van der Waals surface area contributed by atoms with E-state index in [9.17, 15) is 4.79 Å². The summed E-state index contributed by atoms with van der Waals surface area (Å²) in [6.45, 7) is 1.89. The number of pyridine rings is 1. The Morgan fingerprint density at radius 1 is 1.26 bits per heavy atom. The van der Waals surface area contributed by atoms with Crippen molar-refractivity contribution in [2.75, 3.05) is 5.32 Å². The minimum Gasteiger partial charge on any atom is -0.356 e. The molecule has 1 N–H and O–H groups in total. The third-order valence-corrected chi connectivity index (χ3v) is 3.55. The number of benzene rings is 1. The molecule has 0 saturated heterocycles. The minimum atomic E-state index is -0.192. The highest BCUT2D eigenvalue weighted by molar-refractivity contribution is 6.30. The molecule has 23 heavy (non-hydrogen) atoms. The molecule has 0 atom stereocenters. The fourth-order valence-corrected chi connectivity index (χ4v) is 2.23. The van der Waals surface area contributed by atoms with Gasteiger partial charge in [-0.3, -0.25) is 4.79 Å². The molecule has 116 valence electrons. The second-order valence-corrected chi connectivity index (χ2v) is 5.52. The molecule has 0 aliphatic carbocycles. The predicted molar refractivity (Wildman–Crippen MR) is 88.3 cm³/mol. The van der Waals surface area contributed by atoms with Crippen molar-refractivity contribution < 1.29 is 9.32 Å². The number of aromatic nitrogens is 2. The fraction of sp³-hybridized carbons (Fsp3) is 0.118. The average molecular weight is 328 g/mol. The van der Waals surface area contributed by atoms with Crippen LogP contribution in [0.3, 0.4) is 0 Å². The maximum Gasteiger partial charge on any atom is 0.231 e. The van der Waals surface area contributed by atoms with Gasteiger partial charge in [-0.05, 0) is 42.8 Å². The van der Waals surface area contributed by atoms with Crippen molar-refractivity contribution in [3.05, 3.63) is 64.9 Å². The number of halogens is 1. The van der Waals surface area contributed by atoms with E-state index in [1.165, 1.54) is 0 Å². The van der Waals surface area contributed by atoms with Gasteiger partial charge in [0.25, 0.3) is 0 Å². The van der Waals surface area contributed by atoms with E-state index < -0.39 is 0 Å². The summed E-state index contributed by atoms with van der Waals surface area (Å²) < 4.78 is 5.28. The molecule has 2 aromatic heterocycles. The van der Waals surface area contributed by atoms with Crippen molar-refractivity contribution in [1.29, 1.82) is 0 Å². The number of nitrogens with zero attached hydrogens (tertiary/aromatic N) is 2. The minimum absolute atomic E-state index is 0.118. The Balaban J connectivity index is 1.68. The molecule has 2 heterocycles. The van der Waals surface area contributed by atoms with Crippen LogP contribution in [0, 0.1) is 6.92 Å². The number of nitrogens with one attached hydrogen (secondary N) is 1. The maximum absolute atomic E-state index is 12.1. The van der Waals surface area contributed by atoms with Gasteiger partial charge in [0, 0.05) is 22.8 Å². The van der Waals surface area contributed by atoms with E-state index in [2.05, 4.69) is 15.5 Å². The molecule has 0 aliphatic heterocycles. The van der Waals surface area contributed by atoms with Crippen LogP contribution in [0.5, 0.6) is 0 Å². The summed E-state index contributed by atoms with van der Waals surface area (Å²) in [6, 6.07) is 12.7. The van der Waals surface area contributed by atoms with Crippen LogP contribution in [0.25, 0.3) is 11.3 Å². The molecule has 0 radical (unpaired) electrons. The lowest BCUT2D eigenvalue weighted by atomic mass is 10.1. The van der Waals surface area contributed by atoms with Gasteiger partial charge in [0.1, 0.15) is 5.82 Å². The van der Waals surface area contributed by atoms with E-state index in [0.29, 0.717) is 22.3 Å². The molecule has 0 aliphatic rings. The van der Waals surface area contributed by atoms with Crippen molar-refractivity contribution in [3.8, 4) is 11.3 Å². The lowest BCUT2D eigenvalue weighted by Gasteiger charge is -2.05. The number of hydrogen-bond acceptors (Lipinski definition) is 4. The summed E-state index contributed by atoms with van der Waals surface area (Å²) in [5, 5.41) is 7.35. The van der Waals surface area contributed by atoms with Gasteiger partial charge >= 0.3 is 0 Å². The molecular formula is C17H14ClN3O2. The lowest BCUT2D eigenvalue weighted by Crippen LogP contribution is -2.16. The quantitative estimate of drug-likeness (QED) is 0.789. The molecule has 0 bridgehead atoms. The molecule has 0 spiro atoms. The van der Waals surface area contributed by atoms with Gasteiger partial charge in [-0.25, -0.2) is 4.98 Å². The lowest BCUT2D eigenvalue weighted by molar-refractivity contribution is -0.115. The van der Waals surface area contributed by atoms with Crippen LogP contribution in [0.15, 0.2) is 53.2 Å². The summed E-state index contributed by atoms with van der Waals surface area (Å²) in [5.41, 5.74) is 2.32. The van der Waals surface area contributed by atoms with Crippen LogP contribution in [-0.4, -0.2) is 16.0 Å². The molecule has 0 saturated carbocycles. The zero-order chi connectivity index (χ0) is 16.2. The van der Waals surface area contributed by atoms with Crippen LogP contribution in [0.1, 0.15) is 11.3 Å². The molecule has 3 aromatic rings. The van der Waals surface area contributed by atoms with E-state index in [-0.39, 0.29) is 12.3 Å². The Hall–Kier alpha value is -2.66. The highest BCUT2D eigenvalue weighted by Crippen LogP contribution is 2.22. The van der Waals surface area contributed by atoms with E-state index >= 15 is 0 Å². The van der Waals surface area contributed by atoms with Crippen LogP contribution >= 0.6 is 11.6 Å². The summed E-state index contributed by atoms with van der Waals surface area (Å²) in [7, 11) is 0. The first-order chi connectivity index (χ1) is 11.1. The molecule has 0 fully saturated rings. The molecule has 1 amide bonds. The highest BCUT2D eigenvalue weighted by atomic mass is 35.5. The monoisotopic (exact) mass is 327 g/mol. The number of hydrogen-bond donors (Lipinski definition) is 1. The Labute approximate surface area is 138 Å². The molecule has 3 rings (SSSR count). The smallest absolute Gasteiger partial charge is 0.231 e. The normalized spacial score (nSPS) is 10.5. The SMILES string of the molecule is Cc1cccnc1NC(=O)Cc1cc(-c2ccc(Cl)cc2)on1. The van der Waals surface area contributed by atoms with Crippen LogP contribution in [-0.2, 0) is 11.2 Å². The Kier molecular flexibility index (Phi) is 4.39. The van der Waals surface area contributed by atoms with Crippen LogP contribution in [0.2, 0.25) is 5.02 Å². The van der Waals surface area contributed by atoms with Gasteiger partial charge in [0.2, 0.25) is 5.91 Å². The third-order valence-electron chi connectivity index (χ3n) is 3.30. The first-order valence-corrected chi connectivity index (χ1v) is 7.42. The fourth-order valence-electron chi connectivity index (χ4n) is 2.10. The van der Waals surface area contributed by atoms with Gasteiger partial charge in [-0.15, -0.1) is 0 Å². The number of amides is 1. The maximum atomic E-state index is 12.1.